The molecule has 0 spiro atoms. The maximum atomic E-state index is 14.1. The van der Waals surface area contributed by atoms with Gasteiger partial charge in [0, 0.05) is 6.42 Å². The van der Waals surface area contributed by atoms with Crippen LogP contribution in [0.2, 0.25) is 0 Å². The number of thiazole rings is 1. The summed E-state index contributed by atoms with van der Waals surface area (Å²) < 4.78 is 33.4. The number of rotatable bonds is 5. The number of amides is 5. The number of anilines is 1. The number of aromatic nitrogens is 2. The van der Waals surface area contributed by atoms with Crippen LogP contribution in [0.4, 0.5) is 19.4 Å². The number of nitrogens with one attached hydrogen (secondary N) is 3. The highest BCUT2D eigenvalue weighted by Gasteiger charge is 2.40. The predicted molar refractivity (Wildman–Crippen MR) is 132 cm³/mol. The molecule has 0 radical (unpaired) electrons. The molecular formula is C24H22F2N6O5S. The second kappa shape index (κ2) is 9.28. The zero-order chi connectivity index (χ0) is 27.4. The first-order chi connectivity index (χ1) is 18.0. The molecule has 5 amide bonds. The molecule has 1 fully saturated rings. The van der Waals surface area contributed by atoms with Gasteiger partial charge in [0.25, 0.3) is 5.91 Å². The lowest BCUT2D eigenvalue weighted by Crippen LogP contribution is -2.52. The van der Waals surface area contributed by atoms with Crippen LogP contribution in [0, 0.1) is 11.6 Å². The quantitative estimate of drug-likeness (QED) is 0.419. The number of halogens is 2. The van der Waals surface area contributed by atoms with Gasteiger partial charge >= 0.3 is 6.03 Å². The zero-order valence-electron chi connectivity index (χ0n) is 20.5. The molecule has 3 N–H and O–H groups in total. The van der Waals surface area contributed by atoms with Crippen molar-refractivity contribution in [1.29, 1.82) is 0 Å². The van der Waals surface area contributed by atoms with Gasteiger partial charge in [0.2, 0.25) is 17.6 Å². The Balaban J connectivity index is 1.30. The van der Waals surface area contributed by atoms with Gasteiger partial charge in [0.05, 0.1) is 35.2 Å². The maximum Gasteiger partial charge on any atom is 0.321 e. The van der Waals surface area contributed by atoms with E-state index in [2.05, 4.69) is 25.9 Å². The van der Waals surface area contributed by atoms with Crippen molar-refractivity contribution in [2.75, 3.05) is 12.4 Å². The fourth-order valence-corrected chi connectivity index (χ4v) is 5.48. The number of hydrogen-bond donors (Lipinski definition) is 3. The summed E-state index contributed by atoms with van der Waals surface area (Å²) in [6, 6.07) is 2.60. The van der Waals surface area contributed by atoms with Crippen LogP contribution in [0.25, 0.3) is 10.2 Å². The highest BCUT2D eigenvalue weighted by atomic mass is 32.1. The molecule has 0 saturated carbocycles. The fraction of sp³-hybridized carbons (Fsp3) is 0.333. The Morgan fingerprint density at radius 3 is 2.71 bits per heavy atom. The molecule has 1 saturated heterocycles. The maximum absolute atomic E-state index is 14.1. The largest absolute Gasteiger partial charge is 0.491 e. The molecule has 3 aromatic rings. The Kier molecular flexibility index (Phi) is 6.21. The number of nitrogens with zero attached hydrogens (tertiary/aromatic N) is 3. The highest BCUT2D eigenvalue weighted by molar-refractivity contribution is 7.18. The molecular weight excluding hydrogens is 522 g/mol. The number of piperidine rings is 1. The monoisotopic (exact) mass is 544 g/mol. The van der Waals surface area contributed by atoms with Gasteiger partial charge in [-0.05, 0) is 38.5 Å². The second-order valence-electron chi connectivity index (χ2n) is 9.37. The summed E-state index contributed by atoms with van der Waals surface area (Å²) in [5.74, 6) is -3.63. The third kappa shape index (κ3) is 4.40. The predicted octanol–water partition coefficient (Wildman–Crippen LogP) is 2.80. The Morgan fingerprint density at radius 2 is 2.00 bits per heavy atom. The number of pyridine rings is 1. The first-order valence-electron chi connectivity index (χ1n) is 11.5. The number of urea groups is 1. The minimum atomic E-state index is -1.14. The van der Waals surface area contributed by atoms with Crippen LogP contribution in [0.1, 0.15) is 47.7 Å². The molecule has 198 valence electrons. The van der Waals surface area contributed by atoms with Gasteiger partial charge in [-0.15, -0.1) is 11.3 Å². The van der Waals surface area contributed by atoms with Crippen LogP contribution in [0.15, 0.2) is 18.2 Å². The third-order valence-electron chi connectivity index (χ3n) is 6.31. The summed E-state index contributed by atoms with van der Waals surface area (Å²) >= 11 is 1.08. The summed E-state index contributed by atoms with van der Waals surface area (Å²) in [6.07, 6.45) is 0.363. The lowest BCUT2D eigenvalue weighted by molar-refractivity contribution is -0.136. The number of benzene rings is 1. The lowest BCUT2D eigenvalue weighted by Gasteiger charge is -2.29. The van der Waals surface area contributed by atoms with Crippen LogP contribution in [-0.2, 0) is 21.7 Å². The number of carbonyl (C=O) groups excluding carboxylic acids is 4. The number of imide groups is 1. The topological polar surface area (TPSA) is 143 Å². The average molecular weight is 545 g/mol. The Bertz CT molecular complexity index is 1520. The SMILES string of the molecule is COc1c(F)c(F)cc2sc(C(C)(C)NC(=O)Nc3ccc4c(n3)CN(C3CCC(=O)NC3=O)C4=O)nc12. The molecule has 38 heavy (non-hydrogen) atoms. The van der Waals surface area contributed by atoms with E-state index in [4.69, 9.17) is 4.74 Å². The molecule has 4 heterocycles. The van der Waals surface area contributed by atoms with Gasteiger partial charge in [-0.2, -0.15) is 4.39 Å². The minimum Gasteiger partial charge on any atom is -0.491 e. The van der Waals surface area contributed by atoms with Crippen LogP contribution in [-0.4, -0.2) is 51.8 Å². The smallest absolute Gasteiger partial charge is 0.321 e. The van der Waals surface area contributed by atoms with Crippen molar-refractivity contribution in [3.63, 3.8) is 0 Å². The molecule has 14 heteroatoms. The first kappa shape index (κ1) is 25.4. The van der Waals surface area contributed by atoms with Crippen molar-refractivity contribution in [2.24, 2.45) is 0 Å². The van der Waals surface area contributed by atoms with E-state index in [1.54, 1.807) is 13.8 Å². The van der Waals surface area contributed by atoms with Crippen LogP contribution < -0.4 is 20.7 Å². The van der Waals surface area contributed by atoms with Gasteiger partial charge in [-0.3, -0.25) is 25.0 Å². The molecule has 2 aliphatic heterocycles. The number of hydrogen-bond acceptors (Lipinski definition) is 8. The van der Waals surface area contributed by atoms with E-state index in [0.29, 0.717) is 21.0 Å². The van der Waals surface area contributed by atoms with E-state index >= 15 is 0 Å². The summed E-state index contributed by atoms with van der Waals surface area (Å²) in [6.45, 7) is 3.41. The van der Waals surface area contributed by atoms with Crippen molar-refractivity contribution in [2.45, 2.75) is 44.8 Å². The normalized spacial score (nSPS) is 17.4. The Morgan fingerprint density at radius 1 is 1.24 bits per heavy atom. The van der Waals surface area contributed by atoms with Crippen LogP contribution in [0.5, 0.6) is 5.75 Å². The molecule has 2 aromatic heterocycles. The fourth-order valence-electron chi connectivity index (χ4n) is 4.43. The molecule has 2 aliphatic rings. The molecule has 1 unspecified atom stereocenters. The number of fused-ring (bicyclic) bond motifs is 2. The number of methoxy groups -OCH3 is 1. The number of carbonyl (C=O) groups is 4. The van der Waals surface area contributed by atoms with E-state index in [-0.39, 0.29) is 48.3 Å². The van der Waals surface area contributed by atoms with E-state index in [0.717, 1.165) is 17.4 Å². The molecule has 1 aromatic carbocycles. The van der Waals surface area contributed by atoms with Crippen LogP contribution >= 0.6 is 11.3 Å². The van der Waals surface area contributed by atoms with E-state index < -0.39 is 35.2 Å². The van der Waals surface area contributed by atoms with Crippen molar-refractivity contribution in [3.8, 4) is 5.75 Å². The van der Waals surface area contributed by atoms with Crippen molar-refractivity contribution < 1.29 is 32.7 Å². The van der Waals surface area contributed by atoms with E-state index in [1.165, 1.54) is 24.1 Å². The van der Waals surface area contributed by atoms with Gasteiger partial charge in [0.15, 0.2) is 11.6 Å². The van der Waals surface area contributed by atoms with Gasteiger partial charge in [-0.1, -0.05) is 0 Å². The molecule has 0 bridgehead atoms. The van der Waals surface area contributed by atoms with Crippen molar-refractivity contribution in [3.05, 3.63) is 46.1 Å². The lowest BCUT2D eigenvalue weighted by atomic mass is 10.0. The van der Waals surface area contributed by atoms with E-state index in [1.807, 2.05) is 0 Å². The Hall–Kier alpha value is -4.20. The summed E-state index contributed by atoms with van der Waals surface area (Å²) in [5.41, 5.74) is -0.198. The first-order valence-corrected chi connectivity index (χ1v) is 12.4. The van der Waals surface area contributed by atoms with Crippen molar-refractivity contribution >= 4 is 51.1 Å². The Labute approximate surface area is 218 Å². The molecule has 5 rings (SSSR count). The third-order valence-corrected chi connectivity index (χ3v) is 7.64. The van der Waals surface area contributed by atoms with Gasteiger partial charge < -0.3 is 15.0 Å². The summed E-state index contributed by atoms with van der Waals surface area (Å²) in [4.78, 5) is 59.4. The minimum absolute atomic E-state index is 0.0593. The molecule has 0 aliphatic carbocycles. The second-order valence-corrected chi connectivity index (χ2v) is 10.4. The standard InChI is InChI=1S/C24H22F2N6O5S/c1-24(2,22-30-18-14(38-22)8-11(25)17(26)19(18)37-3)31-23(36)28-15-6-4-10-12(27-15)9-32(21(10)35)13-5-7-16(33)29-20(13)34/h4,6,8,13H,5,7,9H2,1-3H3,(H,29,33,34)(H2,27,28,31,36). The average Bonchev–Trinajstić information content (AvgIpc) is 3.41. The molecule has 1 atom stereocenters. The van der Waals surface area contributed by atoms with Crippen molar-refractivity contribution in [1.82, 2.24) is 25.5 Å². The summed E-state index contributed by atoms with van der Waals surface area (Å²) in [7, 11) is 1.22. The molecule has 11 nitrogen and oxygen atoms in total. The van der Waals surface area contributed by atoms with Gasteiger partial charge in [0.1, 0.15) is 22.4 Å². The van der Waals surface area contributed by atoms with E-state index in [9.17, 15) is 28.0 Å². The van der Waals surface area contributed by atoms with Crippen LogP contribution in [0.3, 0.4) is 0 Å². The highest BCUT2D eigenvalue weighted by Crippen LogP contribution is 2.37. The summed E-state index contributed by atoms with van der Waals surface area (Å²) in [5, 5.41) is 8.00. The van der Waals surface area contributed by atoms with Gasteiger partial charge in [-0.25, -0.2) is 19.2 Å². The zero-order valence-corrected chi connectivity index (χ0v) is 21.3. The number of ether oxygens (including phenoxy) is 1.